The lowest BCUT2D eigenvalue weighted by molar-refractivity contribution is -0.125. The topological polar surface area (TPSA) is 69.6 Å². The van der Waals surface area contributed by atoms with Gasteiger partial charge in [0, 0.05) is 24.0 Å². The number of aromatic nitrogens is 1. The molecule has 1 heterocycles. The van der Waals surface area contributed by atoms with Gasteiger partial charge in [0.05, 0.1) is 29.0 Å². The molecule has 5 aromatic rings. The second-order valence-electron chi connectivity index (χ2n) is 10.2. The van der Waals surface area contributed by atoms with Crippen LogP contribution in [0.2, 0.25) is 0 Å². The summed E-state index contributed by atoms with van der Waals surface area (Å²) in [5.41, 5.74) is 4.13. The zero-order valence-corrected chi connectivity index (χ0v) is 23.4. The SMILES string of the molecule is CNC(=O)C(C)(C)c1c(-c2ccc(C(=O)OC)cc2)c2c(OCc3ccccc3)cccc2n1-c1ccc(F)cc1. The summed E-state index contributed by atoms with van der Waals surface area (Å²) >= 11 is 0. The van der Waals surface area contributed by atoms with Crippen LogP contribution in [0, 0.1) is 5.82 Å². The number of carbonyl (C=O) groups excluding carboxylic acids is 2. The third-order valence-corrected chi connectivity index (χ3v) is 7.26. The maximum Gasteiger partial charge on any atom is 0.337 e. The minimum Gasteiger partial charge on any atom is -0.488 e. The lowest BCUT2D eigenvalue weighted by Crippen LogP contribution is -2.39. The molecular formula is C34H31FN2O4. The van der Waals surface area contributed by atoms with Gasteiger partial charge in [0.25, 0.3) is 0 Å². The molecule has 0 aliphatic heterocycles. The smallest absolute Gasteiger partial charge is 0.337 e. The predicted octanol–water partition coefficient (Wildman–Crippen LogP) is 6.83. The van der Waals surface area contributed by atoms with E-state index in [-0.39, 0.29) is 11.7 Å². The van der Waals surface area contributed by atoms with E-state index in [1.807, 2.05) is 79.1 Å². The average molecular weight is 551 g/mol. The fourth-order valence-corrected chi connectivity index (χ4v) is 5.21. The molecule has 0 atom stereocenters. The van der Waals surface area contributed by atoms with Crippen molar-refractivity contribution < 1.29 is 23.5 Å². The van der Waals surface area contributed by atoms with Crippen molar-refractivity contribution in [2.75, 3.05) is 14.2 Å². The molecule has 0 unspecified atom stereocenters. The Kier molecular flexibility index (Phi) is 7.62. The molecule has 7 heteroatoms. The zero-order valence-electron chi connectivity index (χ0n) is 23.4. The molecule has 1 N–H and O–H groups in total. The highest BCUT2D eigenvalue weighted by atomic mass is 19.1. The summed E-state index contributed by atoms with van der Waals surface area (Å²) in [6.45, 7) is 4.06. The summed E-state index contributed by atoms with van der Waals surface area (Å²) in [6.07, 6.45) is 0. The van der Waals surface area contributed by atoms with Crippen LogP contribution >= 0.6 is 0 Å². The highest BCUT2D eigenvalue weighted by Crippen LogP contribution is 2.46. The second-order valence-corrected chi connectivity index (χ2v) is 10.2. The second kappa shape index (κ2) is 11.3. The van der Waals surface area contributed by atoms with Crippen molar-refractivity contribution in [1.29, 1.82) is 0 Å². The van der Waals surface area contributed by atoms with Crippen molar-refractivity contribution in [3.05, 3.63) is 120 Å². The first-order chi connectivity index (χ1) is 19.8. The molecule has 0 spiro atoms. The fourth-order valence-electron chi connectivity index (χ4n) is 5.21. The number of methoxy groups -OCH3 is 1. The van der Waals surface area contributed by atoms with Gasteiger partial charge in [-0.1, -0.05) is 48.5 Å². The van der Waals surface area contributed by atoms with E-state index in [4.69, 9.17) is 9.47 Å². The van der Waals surface area contributed by atoms with Crippen molar-refractivity contribution in [2.24, 2.45) is 0 Å². The Morgan fingerprint density at radius 2 is 1.56 bits per heavy atom. The number of rotatable bonds is 8. The third-order valence-electron chi connectivity index (χ3n) is 7.26. The lowest BCUT2D eigenvalue weighted by atomic mass is 9.83. The summed E-state index contributed by atoms with van der Waals surface area (Å²) in [5.74, 6) is -0.359. The van der Waals surface area contributed by atoms with Gasteiger partial charge in [0.1, 0.15) is 18.2 Å². The minimum absolute atomic E-state index is 0.192. The summed E-state index contributed by atoms with van der Waals surface area (Å²) in [5, 5.41) is 3.60. The normalized spacial score (nSPS) is 11.3. The van der Waals surface area contributed by atoms with Gasteiger partial charge >= 0.3 is 5.97 Å². The Morgan fingerprint density at radius 3 is 2.20 bits per heavy atom. The predicted molar refractivity (Wildman–Crippen MR) is 158 cm³/mol. The van der Waals surface area contributed by atoms with E-state index in [1.165, 1.54) is 19.2 Å². The van der Waals surface area contributed by atoms with Crippen LogP contribution in [0.25, 0.3) is 27.7 Å². The first-order valence-corrected chi connectivity index (χ1v) is 13.3. The van der Waals surface area contributed by atoms with Gasteiger partial charge in [-0.15, -0.1) is 0 Å². The van der Waals surface area contributed by atoms with Crippen LogP contribution in [-0.2, 0) is 21.6 Å². The monoisotopic (exact) mass is 550 g/mol. The van der Waals surface area contributed by atoms with Gasteiger partial charge in [0.2, 0.25) is 5.91 Å². The van der Waals surface area contributed by atoms with Crippen LogP contribution in [-0.4, -0.2) is 30.6 Å². The van der Waals surface area contributed by atoms with Crippen LogP contribution in [0.1, 0.15) is 35.5 Å². The number of carbonyl (C=O) groups is 2. The molecule has 41 heavy (non-hydrogen) atoms. The van der Waals surface area contributed by atoms with E-state index in [2.05, 4.69) is 5.32 Å². The van der Waals surface area contributed by atoms with E-state index in [1.54, 1.807) is 31.3 Å². The van der Waals surface area contributed by atoms with E-state index >= 15 is 0 Å². The number of hydrogen-bond donors (Lipinski definition) is 1. The van der Waals surface area contributed by atoms with E-state index in [0.717, 1.165) is 27.6 Å². The fraction of sp³-hybridized carbons (Fsp3) is 0.176. The Balaban J connectivity index is 1.85. The van der Waals surface area contributed by atoms with Crippen LogP contribution < -0.4 is 10.1 Å². The van der Waals surface area contributed by atoms with Crippen molar-refractivity contribution in [1.82, 2.24) is 9.88 Å². The van der Waals surface area contributed by atoms with Gasteiger partial charge in [-0.05, 0) is 73.5 Å². The summed E-state index contributed by atoms with van der Waals surface area (Å²) in [7, 11) is 2.95. The Bertz CT molecular complexity index is 1710. The molecule has 0 saturated carbocycles. The van der Waals surface area contributed by atoms with Gasteiger partial charge in [-0.2, -0.15) is 0 Å². The highest BCUT2D eigenvalue weighted by Gasteiger charge is 2.38. The minimum atomic E-state index is -1.03. The number of ether oxygens (including phenoxy) is 2. The molecule has 0 aliphatic carbocycles. The number of esters is 1. The summed E-state index contributed by atoms with van der Waals surface area (Å²) in [4.78, 5) is 25.6. The van der Waals surface area contributed by atoms with Gasteiger partial charge in [-0.3, -0.25) is 4.79 Å². The molecule has 0 aliphatic rings. The van der Waals surface area contributed by atoms with E-state index in [0.29, 0.717) is 29.3 Å². The Labute approximate surface area is 238 Å². The number of hydrogen-bond acceptors (Lipinski definition) is 4. The molecule has 0 saturated heterocycles. The number of nitrogens with zero attached hydrogens (tertiary/aromatic N) is 1. The van der Waals surface area contributed by atoms with Crippen molar-refractivity contribution in [3.8, 4) is 22.6 Å². The average Bonchev–Trinajstić information content (AvgIpc) is 3.37. The number of halogens is 1. The van der Waals surface area contributed by atoms with Crippen LogP contribution in [0.4, 0.5) is 4.39 Å². The number of nitrogens with one attached hydrogen (secondary N) is 1. The molecule has 6 nitrogen and oxygen atoms in total. The first-order valence-electron chi connectivity index (χ1n) is 13.3. The third kappa shape index (κ3) is 5.18. The Hall–Kier alpha value is -4.91. The van der Waals surface area contributed by atoms with Crippen LogP contribution in [0.15, 0.2) is 97.1 Å². The molecule has 0 radical (unpaired) electrons. The van der Waals surface area contributed by atoms with E-state index in [9.17, 15) is 14.0 Å². The number of benzene rings is 4. The molecule has 1 amide bonds. The zero-order chi connectivity index (χ0) is 29.1. The molecule has 1 aromatic heterocycles. The molecule has 5 rings (SSSR count). The van der Waals surface area contributed by atoms with Crippen LogP contribution in [0.5, 0.6) is 5.75 Å². The maximum absolute atomic E-state index is 14.0. The molecule has 0 bridgehead atoms. The highest BCUT2D eigenvalue weighted by molar-refractivity contribution is 6.06. The van der Waals surface area contributed by atoms with E-state index < -0.39 is 11.4 Å². The maximum atomic E-state index is 14.0. The van der Waals surface area contributed by atoms with Gasteiger partial charge < -0.3 is 19.4 Å². The molecule has 4 aromatic carbocycles. The summed E-state index contributed by atoms with van der Waals surface area (Å²) in [6, 6.07) is 28.9. The largest absolute Gasteiger partial charge is 0.488 e. The number of fused-ring (bicyclic) bond motifs is 1. The quantitative estimate of drug-likeness (QED) is 0.215. The standard InChI is InChI=1S/C34H31FN2O4/c1-34(2,33(39)36-3)31-29(23-13-15-24(16-14-23)32(38)40-4)30-27(37(31)26-19-17-25(35)18-20-26)11-8-12-28(30)41-21-22-9-6-5-7-10-22/h5-20H,21H2,1-4H3,(H,36,39). The molecular weight excluding hydrogens is 519 g/mol. The van der Waals surface area contributed by atoms with Gasteiger partial charge in [0.15, 0.2) is 0 Å². The van der Waals surface area contributed by atoms with Crippen LogP contribution in [0.3, 0.4) is 0 Å². The molecule has 0 fully saturated rings. The molecule has 208 valence electrons. The van der Waals surface area contributed by atoms with Crippen molar-refractivity contribution >= 4 is 22.8 Å². The lowest BCUT2D eigenvalue weighted by Gasteiger charge is -2.27. The van der Waals surface area contributed by atoms with Crippen molar-refractivity contribution in [2.45, 2.75) is 25.9 Å². The first kappa shape index (κ1) is 27.6. The number of amides is 1. The summed E-state index contributed by atoms with van der Waals surface area (Å²) < 4.78 is 27.3. The Morgan fingerprint density at radius 1 is 0.878 bits per heavy atom. The van der Waals surface area contributed by atoms with Crippen molar-refractivity contribution in [3.63, 3.8) is 0 Å². The number of likely N-dealkylation sites (N-methyl/N-ethyl adjacent to an activating group) is 1. The van der Waals surface area contributed by atoms with Gasteiger partial charge in [-0.25, -0.2) is 9.18 Å².